The fourth-order valence-corrected chi connectivity index (χ4v) is 1.50. The maximum atomic E-state index is 11.7. The number of carbonyl (C=O) groups is 1. The predicted molar refractivity (Wildman–Crippen MR) is 73.4 cm³/mol. The molecule has 0 aliphatic heterocycles. The summed E-state index contributed by atoms with van der Waals surface area (Å²) in [6.45, 7) is 9.92. The molecule has 1 atom stereocenters. The Bertz CT molecular complexity index is 390. The molecule has 1 aromatic rings. The second-order valence-electron chi connectivity index (χ2n) is 5.60. The van der Waals surface area contributed by atoms with Crippen molar-refractivity contribution in [2.45, 2.75) is 46.3 Å². The normalized spacial score (nSPS) is 13.2. The fourth-order valence-electron chi connectivity index (χ4n) is 1.50. The minimum absolute atomic E-state index is 0.00154. The molecule has 100 valence electrons. The molecule has 0 aliphatic carbocycles. The van der Waals surface area contributed by atoms with E-state index in [9.17, 15) is 4.79 Å². The molecule has 1 amide bonds. The number of rotatable bonds is 4. The summed E-state index contributed by atoms with van der Waals surface area (Å²) in [6, 6.07) is 8.16. The molecule has 0 aromatic heterocycles. The van der Waals surface area contributed by atoms with Gasteiger partial charge in [0.1, 0.15) is 6.61 Å². The van der Waals surface area contributed by atoms with E-state index in [-0.39, 0.29) is 24.2 Å². The van der Waals surface area contributed by atoms with Crippen LogP contribution in [0.1, 0.15) is 44.9 Å². The molecule has 18 heavy (non-hydrogen) atoms. The first-order valence-electron chi connectivity index (χ1n) is 6.28. The highest BCUT2D eigenvalue weighted by atomic mass is 16.5. The number of ether oxygens (including phenoxy) is 1. The maximum absolute atomic E-state index is 11.7. The Labute approximate surface area is 110 Å². The molecule has 0 heterocycles. The second kappa shape index (κ2) is 6.01. The number of benzene rings is 1. The predicted octanol–water partition coefficient (Wildman–Crippen LogP) is 2.99. The van der Waals surface area contributed by atoms with Crippen LogP contribution in [0.4, 0.5) is 0 Å². The van der Waals surface area contributed by atoms with Crippen molar-refractivity contribution in [2.75, 3.05) is 6.61 Å². The van der Waals surface area contributed by atoms with E-state index in [2.05, 4.69) is 5.32 Å². The van der Waals surface area contributed by atoms with E-state index < -0.39 is 0 Å². The summed E-state index contributed by atoms with van der Waals surface area (Å²) in [5.74, 6) is -0.0852. The molecular weight excluding hydrogens is 226 g/mol. The van der Waals surface area contributed by atoms with E-state index in [1.165, 1.54) is 5.56 Å². The summed E-state index contributed by atoms with van der Waals surface area (Å²) in [7, 11) is 0. The molecule has 1 N–H and O–H groups in total. The van der Waals surface area contributed by atoms with Crippen LogP contribution in [-0.4, -0.2) is 18.1 Å². The van der Waals surface area contributed by atoms with Gasteiger partial charge in [0.15, 0.2) is 0 Å². The van der Waals surface area contributed by atoms with Gasteiger partial charge in [-0.05, 0) is 40.2 Å². The van der Waals surface area contributed by atoms with E-state index in [1.54, 1.807) is 0 Å². The van der Waals surface area contributed by atoms with Crippen molar-refractivity contribution >= 4 is 5.91 Å². The van der Waals surface area contributed by atoms with Gasteiger partial charge in [0, 0.05) is 0 Å². The topological polar surface area (TPSA) is 38.3 Å². The Morgan fingerprint density at radius 2 is 1.83 bits per heavy atom. The SMILES string of the molecule is Cc1ccc(C(C)NC(=O)COC(C)(C)C)cc1. The molecule has 1 rings (SSSR count). The number of amides is 1. The van der Waals surface area contributed by atoms with Gasteiger partial charge in [0.2, 0.25) is 5.91 Å². The summed E-state index contributed by atoms with van der Waals surface area (Å²) in [5, 5.41) is 2.92. The van der Waals surface area contributed by atoms with E-state index in [0.29, 0.717) is 0 Å². The Balaban J connectivity index is 2.47. The van der Waals surface area contributed by atoms with E-state index in [0.717, 1.165) is 5.56 Å². The molecule has 0 radical (unpaired) electrons. The van der Waals surface area contributed by atoms with Crippen LogP contribution in [-0.2, 0) is 9.53 Å². The zero-order valence-corrected chi connectivity index (χ0v) is 11.9. The number of hydrogen-bond acceptors (Lipinski definition) is 2. The van der Waals surface area contributed by atoms with Crippen molar-refractivity contribution in [1.29, 1.82) is 0 Å². The lowest BCUT2D eigenvalue weighted by Gasteiger charge is -2.20. The third-order valence-corrected chi connectivity index (χ3v) is 2.59. The molecule has 1 aromatic carbocycles. The van der Waals surface area contributed by atoms with Crippen LogP contribution in [0.2, 0.25) is 0 Å². The summed E-state index contributed by atoms with van der Waals surface area (Å²) in [5.41, 5.74) is 2.03. The van der Waals surface area contributed by atoms with Crippen LogP contribution in [0.5, 0.6) is 0 Å². The lowest BCUT2D eigenvalue weighted by Crippen LogP contribution is -2.33. The summed E-state index contributed by atoms with van der Waals surface area (Å²) < 4.78 is 5.43. The second-order valence-corrected chi connectivity index (χ2v) is 5.60. The zero-order valence-electron chi connectivity index (χ0n) is 11.9. The van der Waals surface area contributed by atoms with Crippen LogP contribution in [0.3, 0.4) is 0 Å². The summed E-state index contributed by atoms with van der Waals surface area (Å²) >= 11 is 0. The van der Waals surface area contributed by atoms with E-state index in [1.807, 2.05) is 58.9 Å². The lowest BCUT2D eigenvalue weighted by atomic mass is 10.1. The van der Waals surface area contributed by atoms with E-state index >= 15 is 0 Å². The van der Waals surface area contributed by atoms with Crippen molar-refractivity contribution in [2.24, 2.45) is 0 Å². The highest BCUT2D eigenvalue weighted by molar-refractivity contribution is 5.77. The van der Waals surface area contributed by atoms with Crippen molar-refractivity contribution in [3.05, 3.63) is 35.4 Å². The van der Waals surface area contributed by atoms with Crippen molar-refractivity contribution in [1.82, 2.24) is 5.32 Å². The standard InChI is InChI=1S/C15H23NO2/c1-11-6-8-13(9-7-11)12(2)16-14(17)10-18-15(3,4)5/h6-9,12H,10H2,1-5H3,(H,16,17). The molecule has 0 aliphatic rings. The van der Waals surface area contributed by atoms with Gasteiger partial charge in [-0.25, -0.2) is 0 Å². The monoisotopic (exact) mass is 249 g/mol. The average molecular weight is 249 g/mol. The van der Waals surface area contributed by atoms with Gasteiger partial charge in [-0.3, -0.25) is 4.79 Å². The highest BCUT2D eigenvalue weighted by Crippen LogP contribution is 2.13. The Hall–Kier alpha value is -1.35. The first-order chi connectivity index (χ1) is 8.28. The highest BCUT2D eigenvalue weighted by Gasteiger charge is 2.14. The zero-order chi connectivity index (χ0) is 13.8. The molecule has 1 unspecified atom stereocenters. The molecule has 0 saturated heterocycles. The number of carbonyl (C=O) groups excluding carboxylic acids is 1. The maximum Gasteiger partial charge on any atom is 0.246 e. The Kier molecular flexibility index (Phi) is 4.91. The molecule has 0 fully saturated rings. The summed E-state index contributed by atoms with van der Waals surface area (Å²) in [6.07, 6.45) is 0. The third kappa shape index (κ3) is 5.32. The molecule has 0 saturated carbocycles. The minimum Gasteiger partial charge on any atom is -0.366 e. The van der Waals surface area contributed by atoms with Crippen LogP contribution in [0.15, 0.2) is 24.3 Å². The van der Waals surface area contributed by atoms with Gasteiger partial charge >= 0.3 is 0 Å². The van der Waals surface area contributed by atoms with Crippen LogP contribution < -0.4 is 5.32 Å². The molecule has 0 bridgehead atoms. The number of hydrogen-bond donors (Lipinski definition) is 1. The van der Waals surface area contributed by atoms with Gasteiger partial charge < -0.3 is 10.1 Å². The number of nitrogens with one attached hydrogen (secondary N) is 1. The first-order valence-corrected chi connectivity index (χ1v) is 6.28. The minimum atomic E-state index is -0.287. The van der Waals surface area contributed by atoms with Crippen molar-refractivity contribution in [3.63, 3.8) is 0 Å². The fraction of sp³-hybridized carbons (Fsp3) is 0.533. The average Bonchev–Trinajstić information content (AvgIpc) is 2.26. The largest absolute Gasteiger partial charge is 0.366 e. The lowest BCUT2D eigenvalue weighted by molar-refractivity contribution is -0.131. The van der Waals surface area contributed by atoms with Crippen molar-refractivity contribution in [3.8, 4) is 0 Å². The molecule has 3 heteroatoms. The number of aryl methyl sites for hydroxylation is 1. The van der Waals surface area contributed by atoms with Crippen molar-refractivity contribution < 1.29 is 9.53 Å². The van der Waals surface area contributed by atoms with Crippen LogP contribution in [0.25, 0.3) is 0 Å². The third-order valence-electron chi connectivity index (χ3n) is 2.59. The Morgan fingerprint density at radius 1 is 1.28 bits per heavy atom. The smallest absolute Gasteiger partial charge is 0.246 e. The quantitative estimate of drug-likeness (QED) is 0.891. The van der Waals surface area contributed by atoms with Crippen LogP contribution >= 0.6 is 0 Å². The molecule has 0 spiro atoms. The van der Waals surface area contributed by atoms with Gasteiger partial charge in [0.05, 0.1) is 11.6 Å². The van der Waals surface area contributed by atoms with E-state index in [4.69, 9.17) is 4.74 Å². The van der Waals surface area contributed by atoms with Crippen LogP contribution in [0, 0.1) is 6.92 Å². The molecular formula is C15H23NO2. The summed E-state index contributed by atoms with van der Waals surface area (Å²) in [4.78, 5) is 11.7. The first kappa shape index (κ1) is 14.7. The van der Waals surface area contributed by atoms with Gasteiger partial charge in [-0.15, -0.1) is 0 Å². The molecule has 3 nitrogen and oxygen atoms in total. The Morgan fingerprint density at radius 3 is 2.33 bits per heavy atom. The van der Waals surface area contributed by atoms with Gasteiger partial charge in [0.25, 0.3) is 0 Å². The van der Waals surface area contributed by atoms with Gasteiger partial charge in [-0.2, -0.15) is 0 Å². The van der Waals surface area contributed by atoms with Gasteiger partial charge in [-0.1, -0.05) is 29.8 Å².